The summed E-state index contributed by atoms with van der Waals surface area (Å²) in [6, 6.07) is 11.4. The Hall–Kier alpha value is -1.54. The highest BCUT2D eigenvalue weighted by molar-refractivity contribution is 5.80. The molecule has 1 saturated heterocycles. The van der Waals surface area contributed by atoms with Gasteiger partial charge in [0.05, 0.1) is 0 Å². The van der Waals surface area contributed by atoms with Crippen LogP contribution in [0.15, 0.2) is 42.5 Å². The quantitative estimate of drug-likeness (QED) is 0.788. The summed E-state index contributed by atoms with van der Waals surface area (Å²) in [4.78, 5) is 3.59. The second-order valence-electron chi connectivity index (χ2n) is 7.79. The van der Waals surface area contributed by atoms with Crippen molar-refractivity contribution in [1.29, 1.82) is 0 Å². The van der Waals surface area contributed by atoms with Crippen molar-refractivity contribution in [2.45, 2.75) is 51.1 Å². The van der Waals surface area contributed by atoms with E-state index in [9.17, 15) is 0 Å². The minimum absolute atomic E-state index is 0.244. The minimum atomic E-state index is 0.244. The molecule has 0 spiro atoms. The number of H-pyrrole nitrogens is 1. The summed E-state index contributed by atoms with van der Waals surface area (Å²) in [6.07, 6.45) is 4.89. The molecule has 0 radical (unpaired) electrons. The van der Waals surface area contributed by atoms with Gasteiger partial charge in [-0.05, 0) is 62.5 Å². The molecule has 1 saturated carbocycles. The van der Waals surface area contributed by atoms with Crippen LogP contribution in [0.1, 0.15) is 38.8 Å². The van der Waals surface area contributed by atoms with Gasteiger partial charge >= 0.3 is 0 Å². The number of benzene rings is 1. The first-order valence-electron chi connectivity index (χ1n) is 8.55. The standard InChI is InChI=1S/C20H26N2/c1-13-8-9-15-11-17(13)19(22-20(15,2)3)12-16-10-14-6-4-5-7-18(14)21-16/h4-7,10,15,17,19,21-22H,1,8-9,11-12H2,2-3H3. The number of hydrogen-bond acceptors (Lipinski definition) is 1. The smallest absolute Gasteiger partial charge is 0.0456 e. The molecule has 2 heteroatoms. The van der Waals surface area contributed by atoms with Crippen LogP contribution in [0.25, 0.3) is 10.9 Å². The topological polar surface area (TPSA) is 27.8 Å². The van der Waals surface area contributed by atoms with Gasteiger partial charge in [-0.1, -0.05) is 30.4 Å². The van der Waals surface area contributed by atoms with Gasteiger partial charge in [0, 0.05) is 29.2 Å². The molecule has 2 fully saturated rings. The lowest BCUT2D eigenvalue weighted by molar-refractivity contribution is 0.0890. The van der Waals surface area contributed by atoms with E-state index in [0.717, 1.165) is 12.3 Å². The van der Waals surface area contributed by atoms with Gasteiger partial charge < -0.3 is 10.3 Å². The van der Waals surface area contributed by atoms with Crippen LogP contribution < -0.4 is 5.32 Å². The predicted molar refractivity (Wildman–Crippen MR) is 93.0 cm³/mol. The molecule has 116 valence electrons. The van der Waals surface area contributed by atoms with E-state index >= 15 is 0 Å². The third kappa shape index (κ3) is 2.30. The van der Waals surface area contributed by atoms with E-state index in [1.807, 2.05) is 0 Å². The van der Waals surface area contributed by atoms with Crippen LogP contribution in [0.5, 0.6) is 0 Å². The Morgan fingerprint density at radius 2 is 2.09 bits per heavy atom. The van der Waals surface area contributed by atoms with E-state index in [-0.39, 0.29) is 5.54 Å². The van der Waals surface area contributed by atoms with E-state index in [4.69, 9.17) is 0 Å². The first kappa shape index (κ1) is 14.1. The van der Waals surface area contributed by atoms with E-state index in [0.29, 0.717) is 12.0 Å². The van der Waals surface area contributed by atoms with E-state index in [1.165, 1.54) is 41.4 Å². The fourth-order valence-electron chi connectivity index (χ4n) is 4.61. The van der Waals surface area contributed by atoms with Crippen LogP contribution in [0.4, 0.5) is 0 Å². The number of hydrogen-bond donors (Lipinski definition) is 2. The van der Waals surface area contributed by atoms with Gasteiger partial charge in [-0.25, -0.2) is 0 Å². The lowest BCUT2D eigenvalue weighted by Crippen LogP contribution is -2.60. The number of fused-ring (bicyclic) bond motifs is 3. The molecule has 3 unspecified atom stereocenters. The van der Waals surface area contributed by atoms with Gasteiger partial charge in [0.1, 0.15) is 0 Å². The number of rotatable bonds is 2. The third-order valence-corrected chi connectivity index (χ3v) is 5.97. The van der Waals surface area contributed by atoms with Crippen molar-refractivity contribution in [1.82, 2.24) is 10.3 Å². The average Bonchev–Trinajstić information content (AvgIpc) is 2.88. The maximum absolute atomic E-state index is 4.37. The van der Waals surface area contributed by atoms with Crippen molar-refractivity contribution in [2.75, 3.05) is 0 Å². The van der Waals surface area contributed by atoms with Crippen molar-refractivity contribution in [3.8, 4) is 0 Å². The van der Waals surface area contributed by atoms with Crippen molar-refractivity contribution in [3.63, 3.8) is 0 Å². The Labute approximate surface area is 133 Å². The van der Waals surface area contributed by atoms with Crippen LogP contribution in [0, 0.1) is 11.8 Å². The Kier molecular flexibility index (Phi) is 3.19. The molecule has 2 aliphatic rings. The monoisotopic (exact) mass is 294 g/mol. The molecule has 1 aliphatic heterocycles. The molecular weight excluding hydrogens is 268 g/mol. The van der Waals surface area contributed by atoms with Gasteiger partial charge in [0.15, 0.2) is 0 Å². The second kappa shape index (κ2) is 4.99. The van der Waals surface area contributed by atoms with Gasteiger partial charge in [0.2, 0.25) is 0 Å². The molecule has 1 aliphatic carbocycles. The molecule has 2 N–H and O–H groups in total. The van der Waals surface area contributed by atoms with Crippen LogP contribution >= 0.6 is 0 Å². The summed E-state index contributed by atoms with van der Waals surface area (Å²) in [5.74, 6) is 1.43. The maximum Gasteiger partial charge on any atom is 0.0456 e. The van der Waals surface area contributed by atoms with Gasteiger partial charge in [0.25, 0.3) is 0 Å². The third-order valence-electron chi connectivity index (χ3n) is 5.97. The summed E-state index contributed by atoms with van der Waals surface area (Å²) in [5.41, 5.74) is 4.29. The van der Waals surface area contributed by atoms with Crippen molar-refractivity contribution in [2.24, 2.45) is 11.8 Å². The van der Waals surface area contributed by atoms with Crippen molar-refractivity contribution < 1.29 is 0 Å². The van der Waals surface area contributed by atoms with Crippen LogP contribution in [0.3, 0.4) is 0 Å². The number of aromatic amines is 1. The number of nitrogens with one attached hydrogen (secondary N) is 2. The van der Waals surface area contributed by atoms with E-state index in [2.05, 4.69) is 61.1 Å². The molecule has 2 aromatic rings. The van der Waals surface area contributed by atoms with Gasteiger partial charge in [-0.15, -0.1) is 0 Å². The molecule has 1 aromatic heterocycles. The highest BCUT2D eigenvalue weighted by atomic mass is 15.0. The minimum Gasteiger partial charge on any atom is -0.358 e. The molecule has 1 aromatic carbocycles. The van der Waals surface area contributed by atoms with Crippen LogP contribution in [0.2, 0.25) is 0 Å². The van der Waals surface area contributed by atoms with E-state index in [1.54, 1.807) is 0 Å². The SMILES string of the molecule is C=C1CCC2CC1C(Cc1cc3ccccc3[nH]1)NC2(C)C. The summed E-state index contributed by atoms with van der Waals surface area (Å²) in [5, 5.41) is 5.25. The van der Waals surface area contributed by atoms with Crippen molar-refractivity contribution in [3.05, 3.63) is 48.2 Å². The summed E-state index contributed by atoms with van der Waals surface area (Å²) in [6.45, 7) is 9.12. The zero-order valence-electron chi connectivity index (χ0n) is 13.7. The molecule has 0 amide bonds. The Morgan fingerprint density at radius 3 is 2.91 bits per heavy atom. The summed E-state index contributed by atoms with van der Waals surface area (Å²) >= 11 is 0. The van der Waals surface area contributed by atoms with Crippen molar-refractivity contribution >= 4 is 10.9 Å². The second-order valence-corrected chi connectivity index (χ2v) is 7.79. The molecule has 3 atom stereocenters. The highest BCUT2D eigenvalue weighted by Gasteiger charge is 2.44. The summed E-state index contributed by atoms with van der Waals surface area (Å²) < 4.78 is 0. The molecule has 2 bridgehead atoms. The Bertz CT molecular complexity index is 676. The van der Waals surface area contributed by atoms with Crippen LogP contribution in [-0.2, 0) is 6.42 Å². The fourth-order valence-corrected chi connectivity index (χ4v) is 4.61. The maximum atomic E-state index is 4.37. The first-order valence-corrected chi connectivity index (χ1v) is 8.55. The lowest BCUT2D eigenvalue weighted by atomic mass is 9.64. The average molecular weight is 294 g/mol. The lowest BCUT2D eigenvalue weighted by Gasteiger charge is -2.51. The molecular formula is C20H26N2. The highest BCUT2D eigenvalue weighted by Crippen LogP contribution is 2.44. The number of aromatic nitrogens is 1. The largest absolute Gasteiger partial charge is 0.358 e. The Balaban J connectivity index is 1.61. The molecule has 2 nitrogen and oxygen atoms in total. The fraction of sp³-hybridized carbons (Fsp3) is 0.500. The number of para-hydroxylation sites is 1. The zero-order valence-corrected chi connectivity index (χ0v) is 13.7. The Morgan fingerprint density at radius 1 is 1.27 bits per heavy atom. The predicted octanol–water partition coefficient (Wildman–Crippen LogP) is 4.43. The summed E-state index contributed by atoms with van der Waals surface area (Å²) in [7, 11) is 0. The van der Waals surface area contributed by atoms with Gasteiger partial charge in [-0.2, -0.15) is 0 Å². The van der Waals surface area contributed by atoms with E-state index < -0.39 is 0 Å². The molecule has 2 heterocycles. The van der Waals surface area contributed by atoms with Crippen LogP contribution in [-0.4, -0.2) is 16.6 Å². The normalized spacial score (nSPS) is 30.6. The van der Waals surface area contributed by atoms with Gasteiger partial charge in [-0.3, -0.25) is 0 Å². The number of piperidine rings is 1. The first-order chi connectivity index (χ1) is 10.5. The molecule has 4 rings (SSSR count). The zero-order chi connectivity index (χ0) is 15.3. The molecule has 22 heavy (non-hydrogen) atoms.